The third kappa shape index (κ3) is 1.64. The molecule has 14 heavy (non-hydrogen) atoms. The Labute approximate surface area is 85.8 Å². The van der Waals surface area contributed by atoms with Crippen LogP contribution in [0.1, 0.15) is 25.6 Å². The van der Waals surface area contributed by atoms with E-state index in [1.807, 2.05) is 6.92 Å². The van der Waals surface area contributed by atoms with Gasteiger partial charge in [-0.25, -0.2) is 0 Å². The summed E-state index contributed by atoms with van der Waals surface area (Å²) in [7, 11) is 0. The van der Waals surface area contributed by atoms with Crippen molar-refractivity contribution in [1.29, 1.82) is 0 Å². The zero-order chi connectivity index (χ0) is 10.2. The van der Waals surface area contributed by atoms with Crippen LogP contribution in [0.25, 0.3) is 0 Å². The van der Waals surface area contributed by atoms with Gasteiger partial charge in [0.1, 0.15) is 5.82 Å². The average Bonchev–Trinajstić information content (AvgIpc) is 2.52. The van der Waals surface area contributed by atoms with Crippen LogP contribution in [0.2, 0.25) is 0 Å². The van der Waals surface area contributed by atoms with Gasteiger partial charge in [-0.05, 0) is 25.5 Å². The van der Waals surface area contributed by atoms with Crippen molar-refractivity contribution in [3.8, 4) is 5.88 Å². The molecule has 76 valence electrons. The Balaban J connectivity index is 2.45. The molecule has 5 heteroatoms. The van der Waals surface area contributed by atoms with Crippen LogP contribution in [-0.4, -0.2) is 20.8 Å². The second-order valence-corrected chi connectivity index (χ2v) is 5.23. The van der Waals surface area contributed by atoms with Crippen molar-refractivity contribution in [1.82, 2.24) is 9.97 Å². The summed E-state index contributed by atoms with van der Waals surface area (Å²) in [6.07, 6.45) is 2.12. The molecular weight excluding hydrogens is 200 g/mol. The number of hydrogen-bond donors (Lipinski definition) is 2. The highest BCUT2D eigenvalue weighted by Gasteiger charge is 2.34. The molecule has 0 aromatic carbocycles. The summed E-state index contributed by atoms with van der Waals surface area (Å²) >= 11 is 1.77. The molecule has 0 amide bonds. The molecular formula is C9H12N2O2S. The fourth-order valence-electron chi connectivity index (χ4n) is 1.66. The Bertz CT molecular complexity index is 396. The Morgan fingerprint density at radius 2 is 2.50 bits per heavy atom. The summed E-state index contributed by atoms with van der Waals surface area (Å²) in [6.45, 7) is 2.04. The van der Waals surface area contributed by atoms with Crippen LogP contribution >= 0.6 is 11.8 Å². The van der Waals surface area contributed by atoms with E-state index in [2.05, 4.69) is 9.97 Å². The predicted octanol–water partition coefficient (Wildman–Crippen LogP) is 1.22. The molecule has 1 aliphatic rings. The smallest absolute Gasteiger partial charge is 0.254 e. The van der Waals surface area contributed by atoms with Gasteiger partial charge in [-0.15, -0.1) is 11.8 Å². The third-order valence-electron chi connectivity index (χ3n) is 2.45. The lowest BCUT2D eigenvalue weighted by Crippen LogP contribution is -2.21. The zero-order valence-electron chi connectivity index (χ0n) is 7.91. The number of thioether (sulfide) groups is 1. The van der Waals surface area contributed by atoms with E-state index in [4.69, 9.17) is 0 Å². The first-order valence-electron chi connectivity index (χ1n) is 4.55. The molecule has 2 N–H and O–H groups in total. The Kier molecular flexibility index (Phi) is 2.26. The molecule has 0 aliphatic carbocycles. The highest BCUT2D eigenvalue weighted by Crippen LogP contribution is 2.44. The summed E-state index contributed by atoms with van der Waals surface area (Å²) < 4.78 is -0.141. The molecule has 1 aromatic rings. The molecule has 0 radical (unpaired) electrons. The fourth-order valence-corrected chi connectivity index (χ4v) is 2.92. The van der Waals surface area contributed by atoms with Crippen molar-refractivity contribution in [3.63, 3.8) is 0 Å². The highest BCUT2D eigenvalue weighted by atomic mass is 32.2. The lowest BCUT2D eigenvalue weighted by atomic mass is 10.1. The summed E-state index contributed by atoms with van der Waals surface area (Å²) in [5, 5.41) is 9.23. The molecule has 1 aliphatic heterocycles. The molecule has 1 aromatic heterocycles. The predicted molar refractivity (Wildman–Crippen MR) is 55.6 cm³/mol. The van der Waals surface area contributed by atoms with Gasteiger partial charge in [0.25, 0.3) is 5.56 Å². The van der Waals surface area contributed by atoms with E-state index in [1.165, 1.54) is 0 Å². The van der Waals surface area contributed by atoms with Gasteiger partial charge in [-0.2, -0.15) is 4.98 Å². The van der Waals surface area contributed by atoms with Crippen LogP contribution in [0.3, 0.4) is 0 Å². The molecule has 0 bridgehead atoms. The molecule has 0 spiro atoms. The SMILES string of the molecule is CC1(c2nc(O)cc(=O)[nH]2)CCCS1. The molecule has 0 saturated carbocycles. The normalized spacial score (nSPS) is 26.6. The van der Waals surface area contributed by atoms with Gasteiger partial charge in [0, 0.05) is 0 Å². The van der Waals surface area contributed by atoms with Crippen molar-refractivity contribution >= 4 is 11.8 Å². The summed E-state index contributed by atoms with van der Waals surface area (Å²) in [5.41, 5.74) is -0.291. The second-order valence-electron chi connectivity index (χ2n) is 3.64. The van der Waals surface area contributed by atoms with Gasteiger partial charge < -0.3 is 10.1 Å². The number of rotatable bonds is 1. The molecule has 1 atom stereocenters. The van der Waals surface area contributed by atoms with E-state index < -0.39 is 0 Å². The number of hydrogen-bond acceptors (Lipinski definition) is 4. The van der Waals surface area contributed by atoms with Crippen molar-refractivity contribution in [2.45, 2.75) is 24.5 Å². The maximum absolute atomic E-state index is 11.1. The van der Waals surface area contributed by atoms with Crippen molar-refractivity contribution in [2.24, 2.45) is 0 Å². The van der Waals surface area contributed by atoms with E-state index in [-0.39, 0.29) is 16.2 Å². The molecule has 2 heterocycles. The fraction of sp³-hybridized carbons (Fsp3) is 0.556. The lowest BCUT2D eigenvalue weighted by molar-refractivity contribution is 0.441. The lowest BCUT2D eigenvalue weighted by Gasteiger charge is -2.20. The first-order valence-corrected chi connectivity index (χ1v) is 5.53. The minimum atomic E-state index is -0.291. The van der Waals surface area contributed by atoms with Crippen LogP contribution in [-0.2, 0) is 4.75 Å². The van der Waals surface area contributed by atoms with Crippen LogP contribution in [0.5, 0.6) is 5.88 Å². The van der Waals surface area contributed by atoms with Crippen molar-refractivity contribution in [3.05, 3.63) is 22.2 Å². The van der Waals surface area contributed by atoms with Gasteiger partial charge in [0.2, 0.25) is 5.88 Å². The summed E-state index contributed by atoms with van der Waals surface area (Å²) in [6, 6.07) is 1.09. The van der Waals surface area contributed by atoms with Gasteiger partial charge >= 0.3 is 0 Å². The monoisotopic (exact) mass is 212 g/mol. The zero-order valence-corrected chi connectivity index (χ0v) is 8.73. The molecule has 2 rings (SSSR count). The maximum atomic E-state index is 11.1. The third-order valence-corrected chi connectivity index (χ3v) is 3.98. The van der Waals surface area contributed by atoms with Crippen molar-refractivity contribution in [2.75, 3.05) is 5.75 Å². The summed E-state index contributed by atoms with van der Waals surface area (Å²) in [4.78, 5) is 17.8. The number of aromatic hydroxyl groups is 1. The number of nitrogens with zero attached hydrogens (tertiary/aromatic N) is 1. The van der Waals surface area contributed by atoms with E-state index in [9.17, 15) is 9.90 Å². The van der Waals surface area contributed by atoms with Gasteiger partial charge in [-0.3, -0.25) is 4.79 Å². The summed E-state index contributed by atoms with van der Waals surface area (Å²) in [5.74, 6) is 1.47. The molecule has 4 nitrogen and oxygen atoms in total. The quantitative estimate of drug-likeness (QED) is 0.734. The number of H-pyrrole nitrogens is 1. The van der Waals surface area contributed by atoms with Crippen LogP contribution < -0.4 is 5.56 Å². The Hall–Kier alpha value is -0.970. The topological polar surface area (TPSA) is 66.0 Å². The molecule has 1 unspecified atom stereocenters. The first kappa shape index (κ1) is 9.58. The number of nitrogens with one attached hydrogen (secondary N) is 1. The van der Waals surface area contributed by atoms with E-state index in [0.717, 1.165) is 24.7 Å². The second kappa shape index (κ2) is 3.31. The van der Waals surface area contributed by atoms with Gasteiger partial charge in [-0.1, -0.05) is 0 Å². The number of aromatic amines is 1. The highest BCUT2D eigenvalue weighted by molar-refractivity contribution is 8.00. The Morgan fingerprint density at radius 3 is 3.07 bits per heavy atom. The molecule has 1 fully saturated rings. The van der Waals surface area contributed by atoms with Crippen LogP contribution in [0.15, 0.2) is 10.9 Å². The van der Waals surface area contributed by atoms with E-state index in [1.54, 1.807) is 11.8 Å². The van der Waals surface area contributed by atoms with E-state index >= 15 is 0 Å². The first-order chi connectivity index (χ1) is 6.60. The average molecular weight is 212 g/mol. The van der Waals surface area contributed by atoms with Crippen molar-refractivity contribution < 1.29 is 5.11 Å². The van der Waals surface area contributed by atoms with Crippen LogP contribution in [0, 0.1) is 0 Å². The standard InChI is InChI=1S/C9H12N2O2S/c1-9(3-2-4-14-9)8-10-6(12)5-7(13)11-8/h5H,2-4H2,1H3,(H2,10,11,12,13). The minimum Gasteiger partial charge on any atom is -0.493 e. The van der Waals surface area contributed by atoms with Gasteiger partial charge in [0.15, 0.2) is 0 Å². The molecule has 1 saturated heterocycles. The number of aromatic nitrogens is 2. The largest absolute Gasteiger partial charge is 0.493 e. The van der Waals surface area contributed by atoms with E-state index in [0.29, 0.717) is 5.82 Å². The Morgan fingerprint density at radius 1 is 1.71 bits per heavy atom. The maximum Gasteiger partial charge on any atom is 0.254 e. The van der Waals surface area contributed by atoms with Gasteiger partial charge in [0.05, 0.1) is 10.8 Å². The minimum absolute atomic E-state index is 0.141. The van der Waals surface area contributed by atoms with Crippen LogP contribution in [0.4, 0.5) is 0 Å².